The van der Waals surface area contributed by atoms with E-state index in [1.807, 2.05) is 6.92 Å². The molecule has 0 fully saturated rings. The largest absolute Gasteiger partial charge is 0.383 e. The molecule has 2 aromatic rings. The van der Waals surface area contributed by atoms with Gasteiger partial charge in [-0.1, -0.05) is 17.7 Å². The molecule has 1 aromatic heterocycles. The highest BCUT2D eigenvalue weighted by molar-refractivity contribution is 6.35. The molecule has 5 heteroatoms. The Balaban J connectivity index is 2.65. The van der Waals surface area contributed by atoms with Crippen molar-refractivity contribution in [2.45, 2.75) is 13.0 Å². The fraction of sp³-hybridized carbons (Fsp3) is 0.333. The minimum absolute atomic E-state index is 0.0688. The van der Waals surface area contributed by atoms with Gasteiger partial charge in [-0.2, -0.15) is 0 Å². The Labute approximate surface area is 104 Å². The Bertz CT molecular complexity index is 595. The molecule has 1 heterocycles. The molecule has 0 spiro atoms. The zero-order chi connectivity index (χ0) is 12.4. The van der Waals surface area contributed by atoms with Crippen LogP contribution in [0.2, 0.25) is 5.02 Å². The Morgan fingerprint density at radius 3 is 3.00 bits per heavy atom. The second-order valence-corrected chi connectivity index (χ2v) is 4.30. The average Bonchev–Trinajstić information content (AvgIpc) is 2.29. The minimum Gasteiger partial charge on any atom is -0.383 e. The number of hydrogen-bond donors (Lipinski definition) is 0. The predicted octanol–water partition coefficient (Wildman–Crippen LogP) is 2.26. The van der Waals surface area contributed by atoms with Crippen molar-refractivity contribution in [2.24, 2.45) is 0 Å². The molecule has 0 N–H and O–H groups in total. The molecule has 17 heavy (non-hydrogen) atoms. The van der Waals surface area contributed by atoms with Gasteiger partial charge in [0, 0.05) is 7.11 Å². The van der Waals surface area contributed by atoms with Crippen molar-refractivity contribution in [1.29, 1.82) is 0 Å². The van der Waals surface area contributed by atoms with Crippen LogP contribution < -0.4 is 5.56 Å². The maximum atomic E-state index is 12.2. The van der Waals surface area contributed by atoms with Gasteiger partial charge in [0.25, 0.3) is 5.56 Å². The Kier molecular flexibility index (Phi) is 3.45. The van der Waals surface area contributed by atoms with E-state index in [4.69, 9.17) is 16.3 Å². The Morgan fingerprint density at radius 2 is 2.29 bits per heavy atom. The van der Waals surface area contributed by atoms with E-state index in [-0.39, 0.29) is 11.6 Å². The van der Waals surface area contributed by atoms with Crippen LogP contribution in [0.5, 0.6) is 0 Å². The second-order valence-electron chi connectivity index (χ2n) is 3.90. The summed E-state index contributed by atoms with van der Waals surface area (Å²) in [7, 11) is 1.60. The molecule has 0 radical (unpaired) electrons. The molecule has 0 saturated heterocycles. The van der Waals surface area contributed by atoms with E-state index < -0.39 is 0 Å². The van der Waals surface area contributed by atoms with Gasteiger partial charge in [-0.05, 0) is 19.1 Å². The standard InChI is InChI=1S/C12H13ClN2O2/c1-8(6-17-2)15-7-14-10-5-3-4-9(13)11(10)12(15)16/h3-5,7-8H,6H2,1-2H3. The van der Waals surface area contributed by atoms with Crippen LogP contribution in [0, 0.1) is 0 Å². The van der Waals surface area contributed by atoms with Crippen molar-refractivity contribution >= 4 is 22.5 Å². The van der Waals surface area contributed by atoms with Crippen LogP contribution in [-0.4, -0.2) is 23.3 Å². The third kappa shape index (κ3) is 2.18. The molecule has 2 rings (SSSR count). The van der Waals surface area contributed by atoms with Gasteiger partial charge in [-0.15, -0.1) is 0 Å². The van der Waals surface area contributed by atoms with Gasteiger partial charge in [0.2, 0.25) is 0 Å². The zero-order valence-electron chi connectivity index (χ0n) is 9.68. The summed E-state index contributed by atoms with van der Waals surface area (Å²) < 4.78 is 6.57. The van der Waals surface area contributed by atoms with E-state index in [1.54, 1.807) is 25.3 Å². The molecule has 4 nitrogen and oxygen atoms in total. The first kappa shape index (κ1) is 12.1. The first-order valence-corrected chi connectivity index (χ1v) is 5.67. The van der Waals surface area contributed by atoms with Crippen LogP contribution in [0.4, 0.5) is 0 Å². The number of benzene rings is 1. The van der Waals surface area contributed by atoms with Crippen molar-refractivity contribution in [1.82, 2.24) is 9.55 Å². The zero-order valence-corrected chi connectivity index (χ0v) is 10.4. The lowest BCUT2D eigenvalue weighted by molar-refractivity contribution is 0.160. The number of methoxy groups -OCH3 is 1. The number of nitrogens with zero attached hydrogens (tertiary/aromatic N) is 2. The fourth-order valence-corrected chi connectivity index (χ4v) is 2.02. The second kappa shape index (κ2) is 4.85. The molecular weight excluding hydrogens is 240 g/mol. The highest BCUT2D eigenvalue weighted by Crippen LogP contribution is 2.18. The van der Waals surface area contributed by atoms with Crippen LogP contribution in [-0.2, 0) is 4.74 Å². The van der Waals surface area contributed by atoms with Gasteiger partial charge in [0.15, 0.2) is 0 Å². The van der Waals surface area contributed by atoms with Gasteiger partial charge in [-0.3, -0.25) is 9.36 Å². The minimum atomic E-state index is -0.134. The summed E-state index contributed by atoms with van der Waals surface area (Å²) in [6, 6.07) is 5.17. The number of ether oxygens (including phenoxy) is 1. The van der Waals surface area contributed by atoms with Crippen LogP contribution in [0.15, 0.2) is 29.3 Å². The summed E-state index contributed by atoms with van der Waals surface area (Å²) in [5.41, 5.74) is 0.480. The summed E-state index contributed by atoms with van der Waals surface area (Å²) in [5, 5.41) is 0.888. The summed E-state index contributed by atoms with van der Waals surface area (Å²) >= 11 is 6.03. The first-order chi connectivity index (χ1) is 8.15. The molecule has 0 aliphatic carbocycles. The smallest absolute Gasteiger partial charge is 0.263 e. The van der Waals surface area contributed by atoms with E-state index in [2.05, 4.69) is 4.98 Å². The summed E-state index contributed by atoms with van der Waals surface area (Å²) in [6.07, 6.45) is 1.53. The van der Waals surface area contributed by atoms with Gasteiger partial charge in [-0.25, -0.2) is 4.98 Å². The average molecular weight is 253 g/mol. The van der Waals surface area contributed by atoms with Gasteiger partial charge in [0.1, 0.15) is 0 Å². The van der Waals surface area contributed by atoms with Crippen LogP contribution in [0.3, 0.4) is 0 Å². The summed E-state index contributed by atoms with van der Waals surface area (Å²) in [5.74, 6) is 0. The van der Waals surface area contributed by atoms with Crippen molar-refractivity contribution in [3.05, 3.63) is 39.9 Å². The molecule has 0 bridgehead atoms. The Hall–Kier alpha value is -1.39. The molecule has 0 aliphatic rings. The number of aromatic nitrogens is 2. The number of halogens is 1. The van der Waals surface area contributed by atoms with E-state index in [1.165, 1.54) is 10.9 Å². The van der Waals surface area contributed by atoms with Gasteiger partial charge in [0.05, 0.1) is 34.9 Å². The van der Waals surface area contributed by atoms with E-state index in [9.17, 15) is 4.79 Å². The van der Waals surface area contributed by atoms with Crippen molar-refractivity contribution in [3.63, 3.8) is 0 Å². The van der Waals surface area contributed by atoms with E-state index in [0.717, 1.165) is 0 Å². The molecule has 1 unspecified atom stereocenters. The highest BCUT2D eigenvalue weighted by atomic mass is 35.5. The topological polar surface area (TPSA) is 44.1 Å². The van der Waals surface area contributed by atoms with Gasteiger partial charge < -0.3 is 4.74 Å². The highest BCUT2D eigenvalue weighted by Gasteiger charge is 2.11. The first-order valence-electron chi connectivity index (χ1n) is 5.29. The number of rotatable bonds is 3. The van der Waals surface area contributed by atoms with Crippen LogP contribution in [0.1, 0.15) is 13.0 Å². The molecule has 90 valence electrons. The SMILES string of the molecule is COCC(C)n1cnc2cccc(Cl)c2c1=O. The number of fused-ring (bicyclic) bond motifs is 1. The molecular formula is C12H13ClN2O2. The molecule has 0 amide bonds. The van der Waals surface area contributed by atoms with Crippen molar-refractivity contribution in [2.75, 3.05) is 13.7 Å². The normalized spacial score (nSPS) is 12.9. The number of hydrogen-bond acceptors (Lipinski definition) is 3. The molecule has 1 atom stereocenters. The third-order valence-electron chi connectivity index (χ3n) is 2.64. The molecule has 0 aliphatic heterocycles. The lowest BCUT2D eigenvalue weighted by Crippen LogP contribution is -2.26. The maximum absolute atomic E-state index is 12.2. The third-order valence-corrected chi connectivity index (χ3v) is 2.96. The fourth-order valence-electron chi connectivity index (χ4n) is 1.77. The van der Waals surface area contributed by atoms with Crippen molar-refractivity contribution < 1.29 is 4.74 Å². The predicted molar refractivity (Wildman–Crippen MR) is 67.6 cm³/mol. The van der Waals surface area contributed by atoms with Crippen molar-refractivity contribution in [3.8, 4) is 0 Å². The lowest BCUT2D eigenvalue weighted by atomic mass is 10.2. The lowest BCUT2D eigenvalue weighted by Gasteiger charge is -2.14. The van der Waals surface area contributed by atoms with E-state index in [0.29, 0.717) is 22.5 Å². The van der Waals surface area contributed by atoms with Crippen LogP contribution in [0.25, 0.3) is 10.9 Å². The summed E-state index contributed by atoms with van der Waals surface area (Å²) in [4.78, 5) is 16.5. The Morgan fingerprint density at radius 1 is 1.53 bits per heavy atom. The quantitative estimate of drug-likeness (QED) is 0.842. The van der Waals surface area contributed by atoms with E-state index >= 15 is 0 Å². The molecule has 1 aromatic carbocycles. The maximum Gasteiger partial charge on any atom is 0.263 e. The van der Waals surface area contributed by atoms with Crippen LogP contribution >= 0.6 is 11.6 Å². The summed E-state index contributed by atoms with van der Waals surface area (Å²) in [6.45, 7) is 2.35. The molecule has 0 saturated carbocycles. The van der Waals surface area contributed by atoms with Gasteiger partial charge >= 0.3 is 0 Å². The monoisotopic (exact) mass is 252 g/mol.